The first-order valence-electron chi connectivity index (χ1n) is 13.4. The molecule has 0 aliphatic heterocycles. The molecule has 38 heavy (non-hydrogen) atoms. The van der Waals surface area contributed by atoms with Crippen LogP contribution in [0.25, 0.3) is 11.0 Å². The first kappa shape index (κ1) is 26.0. The minimum Gasteiger partial charge on any atom is -0.355 e. The van der Waals surface area contributed by atoms with Crippen LogP contribution >= 0.6 is 11.8 Å². The molecule has 1 saturated carbocycles. The zero-order chi connectivity index (χ0) is 26.2. The number of carbonyl (C=O) groups is 2. The van der Waals surface area contributed by atoms with Crippen LogP contribution in [-0.2, 0) is 11.2 Å². The van der Waals surface area contributed by atoms with Crippen LogP contribution in [0.3, 0.4) is 0 Å². The van der Waals surface area contributed by atoms with Crippen LogP contribution in [0.1, 0.15) is 59.9 Å². The van der Waals surface area contributed by atoms with E-state index in [-0.39, 0.29) is 23.6 Å². The number of carbonyl (C=O) groups excluding carboxylic acids is 2. The van der Waals surface area contributed by atoms with Gasteiger partial charge in [-0.3, -0.25) is 9.59 Å². The summed E-state index contributed by atoms with van der Waals surface area (Å²) in [5, 5.41) is 6.30. The molecule has 1 aliphatic carbocycles. The number of thioether (sulfide) groups is 1. The third kappa shape index (κ3) is 6.84. The van der Waals surface area contributed by atoms with Crippen molar-refractivity contribution in [3.05, 3.63) is 95.8 Å². The minimum atomic E-state index is -0.339. The summed E-state index contributed by atoms with van der Waals surface area (Å²) in [4.78, 5) is 35.1. The Labute approximate surface area is 228 Å². The van der Waals surface area contributed by atoms with E-state index in [4.69, 9.17) is 4.98 Å². The Bertz CT molecular complexity index is 1330. The molecule has 6 nitrogen and oxygen atoms in total. The largest absolute Gasteiger partial charge is 0.355 e. The number of fused-ring (bicyclic) bond motifs is 1. The number of para-hydroxylation sites is 2. The number of H-pyrrole nitrogens is 1. The SMILES string of the molecule is O=C(CSc1ccccc1C(=O)N[C@@H](Cc1ccccc1)c1nc2ccccc2[nH]1)NCC1CCCCC1. The van der Waals surface area contributed by atoms with Gasteiger partial charge in [0.05, 0.1) is 28.4 Å². The van der Waals surface area contributed by atoms with Crippen LogP contribution in [0.5, 0.6) is 0 Å². The van der Waals surface area contributed by atoms with E-state index in [0.29, 0.717) is 17.9 Å². The molecular formula is C31H34N4O2S. The van der Waals surface area contributed by atoms with Crippen molar-refractivity contribution in [2.45, 2.75) is 49.5 Å². The summed E-state index contributed by atoms with van der Waals surface area (Å²) in [6, 6.07) is 25.1. The number of aromatic amines is 1. The number of hydrogen-bond acceptors (Lipinski definition) is 4. The summed E-state index contributed by atoms with van der Waals surface area (Å²) in [7, 11) is 0. The van der Waals surface area contributed by atoms with Gasteiger partial charge in [0.15, 0.2) is 0 Å². The molecule has 0 saturated heterocycles. The summed E-state index contributed by atoms with van der Waals surface area (Å²) < 4.78 is 0. The van der Waals surface area contributed by atoms with Crippen LogP contribution in [0.15, 0.2) is 83.8 Å². The lowest BCUT2D eigenvalue weighted by Gasteiger charge is -2.21. The molecule has 1 aliphatic rings. The van der Waals surface area contributed by atoms with Crippen molar-refractivity contribution in [3.63, 3.8) is 0 Å². The predicted octanol–water partition coefficient (Wildman–Crippen LogP) is 6.07. The predicted molar refractivity (Wildman–Crippen MR) is 153 cm³/mol. The highest BCUT2D eigenvalue weighted by molar-refractivity contribution is 8.00. The maximum atomic E-state index is 13.6. The average Bonchev–Trinajstić information content (AvgIpc) is 3.40. The summed E-state index contributed by atoms with van der Waals surface area (Å²) >= 11 is 1.40. The normalized spacial score (nSPS) is 14.7. The number of rotatable bonds is 10. The molecule has 0 radical (unpaired) electrons. The lowest BCUT2D eigenvalue weighted by molar-refractivity contribution is -0.118. The molecule has 1 atom stereocenters. The van der Waals surface area contributed by atoms with Crippen LogP contribution in [0.4, 0.5) is 0 Å². The standard InChI is InChI=1S/C31H34N4O2S/c36-29(32-20-23-13-5-2-6-14-23)21-38-28-18-10-7-15-24(28)31(37)35-27(19-22-11-3-1-4-12-22)30-33-25-16-8-9-17-26(25)34-30/h1,3-4,7-12,15-18,23,27H,2,5-6,13-14,19-21H2,(H,32,36)(H,33,34)(H,35,37)/t27-/m0/s1. The fourth-order valence-corrected chi connectivity index (χ4v) is 5.94. The van der Waals surface area contributed by atoms with Crippen molar-refractivity contribution in [3.8, 4) is 0 Å². The number of imidazole rings is 1. The molecule has 1 heterocycles. The van der Waals surface area contributed by atoms with E-state index >= 15 is 0 Å². The van der Waals surface area contributed by atoms with E-state index in [0.717, 1.165) is 33.9 Å². The highest BCUT2D eigenvalue weighted by Gasteiger charge is 2.22. The fourth-order valence-electron chi connectivity index (χ4n) is 5.06. The van der Waals surface area contributed by atoms with Gasteiger partial charge in [-0.25, -0.2) is 4.98 Å². The third-order valence-corrected chi connectivity index (χ3v) is 8.20. The molecule has 0 unspecified atom stereocenters. The summed E-state index contributed by atoms with van der Waals surface area (Å²) in [6.45, 7) is 0.750. The lowest BCUT2D eigenvalue weighted by atomic mass is 9.89. The second-order valence-electron chi connectivity index (χ2n) is 9.95. The molecule has 1 aromatic heterocycles. The Kier molecular flexibility index (Phi) is 8.76. The first-order chi connectivity index (χ1) is 18.7. The van der Waals surface area contributed by atoms with E-state index in [1.165, 1.54) is 43.9 Å². The number of benzene rings is 3. The Morgan fingerprint density at radius 2 is 1.66 bits per heavy atom. The molecule has 7 heteroatoms. The third-order valence-electron chi connectivity index (χ3n) is 7.13. The van der Waals surface area contributed by atoms with E-state index < -0.39 is 0 Å². The van der Waals surface area contributed by atoms with Crippen molar-refractivity contribution in [2.24, 2.45) is 5.92 Å². The summed E-state index contributed by atoms with van der Waals surface area (Å²) in [5.74, 6) is 1.43. The number of amides is 2. The van der Waals surface area contributed by atoms with Crippen molar-refractivity contribution in [1.29, 1.82) is 0 Å². The summed E-state index contributed by atoms with van der Waals surface area (Å²) in [6.07, 6.45) is 6.83. The summed E-state index contributed by atoms with van der Waals surface area (Å²) in [5.41, 5.74) is 3.47. The van der Waals surface area contributed by atoms with Crippen LogP contribution in [0.2, 0.25) is 0 Å². The molecule has 0 spiro atoms. The average molecular weight is 527 g/mol. The monoisotopic (exact) mass is 526 g/mol. The van der Waals surface area contributed by atoms with Crippen molar-refractivity contribution in [1.82, 2.24) is 20.6 Å². The van der Waals surface area contributed by atoms with E-state index in [9.17, 15) is 9.59 Å². The van der Waals surface area contributed by atoms with Gasteiger partial charge in [0.2, 0.25) is 5.91 Å². The molecule has 5 rings (SSSR count). The molecule has 3 N–H and O–H groups in total. The highest BCUT2D eigenvalue weighted by Crippen LogP contribution is 2.26. The van der Waals surface area contributed by atoms with Gasteiger partial charge in [-0.2, -0.15) is 0 Å². The Morgan fingerprint density at radius 1 is 0.921 bits per heavy atom. The lowest BCUT2D eigenvalue weighted by Crippen LogP contribution is -2.32. The quantitative estimate of drug-likeness (QED) is 0.219. The second-order valence-corrected chi connectivity index (χ2v) is 11.0. The fraction of sp³-hybridized carbons (Fsp3) is 0.323. The molecule has 2 amide bonds. The van der Waals surface area contributed by atoms with Gasteiger partial charge >= 0.3 is 0 Å². The van der Waals surface area contributed by atoms with Crippen molar-refractivity contribution < 1.29 is 9.59 Å². The van der Waals surface area contributed by atoms with Gasteiger partial charge in [0.1, 0.15) is 5.82 Å². The maximum absolute atomic E-state index is 13.6. The molecule has 3 aromatic carbocycles. The smallest absolute Gasteiger partial charge is 0.253 e. The molecule has 196 valence electrons. The van der Waals surface area contributed by atoms with E-state index in [2.05, 4.69) is 27.8 Å². The van der Waals surface area contributed by atoms with Crippen molar-refractivity contribution >= 4 is 34.6 Å². The first-order valence-corrected chi connectivity index (χ1v) is 14.4. The van der Waals surface area contributed by atoms with Gasteiger partial charge in [-0.05, 0) is 55.0 Å². The molecule has 0 bridgehead atoms. The Hall–Kier alpha value is -3.58. The molecule has 4 aromatic rings. The highest BCUT2D eigenvalue weighted by atomic mass is 32.2. The zero-order valence-electron chi connectivity index (χ0n) is 21.5. The molecule has 1 fully saturated rings. The van der Waals surface area contributed by atoms with Crippen LogP contribution in [0, 0.1) is 5.92 Å². The van der Waals surface area contributed by atoms with Crippen LogP contribution < -0.4 is 10.6 Å². The molecular weight excluding hydrogens is 492 g/mol. The minimum absolute atomic E-state index is 0.0139. The van der Waals surface area contributed by atoms with Gasteiger partial charge in [0, 0.05) is 11.4 Å². The van der Waals surface area contributed by atoms with E-state index in [1.807, 2.05) is 66.7 Å². The zero-order valence-corrected chi connectivity index (χ0v) is 22.3. The Morgan fingerprint density at radius 3 is 2.47 bits per heavy atom. The number of nitrogens with one attached hydrogen (secondary N) is 3. The van der Waals surface area contributed by atoms with Gasteiger partial charge < -0.3 is 15.6 Å². The van der Waals surface area contributed by atoms with Crippen LogP contribution in [-0.4, -0.2) is 34.1 Å². The van der Waals surface area contributed by atoms with Crippen molar-refractivity contribution in [2.75, 3.05) is 12.3 Å². The van der Waals surface area contributed by atoms with Gasteiger partial charge in [-0.1, -0.05) is 73.9 Å². The van der Waals surface area contributed by atoms with E-state index in [1.54, 1.807) is 0 Å². The van der Waals surface area contributed by atoms with Gasteiger partial charge in [-0.15, -0.1) is 11.8 Å². The topological polar surface area (TPSA) is 86.9 Å². The number of nitrogens with zero attached hydrogens (tertiary/aromatic N) is 1. The van der Waals surface area contributed by atoms with Gasteiger partial charge in [0.25, 0.3) is 5.91 Å². The number of aromatic nitrogens is 2. The second kappa shape index (κ2) is 12.8. The maximum Gasteiger partial charge on any atom is 0.253 e. The Balaban J connectivity index is 1.27. The number of hydrogen-bond donors (Lipinski definition) is 3.